The van der Waals surface area contributed by atoms with Crippen LogP contribution in [0.2, 0.25) is 0 Å². The van der Waals surface area contributed by atoms with Crippen molar-refractivity contribution in [1.29, 1.82) is 0 Å². The molecule has 0 aliphatic carbocycles. The first-order valence-corrected chi connectivity index (χ1v) is 6.15. The molecule has 0 N–H and O–H groups in total. The van der Waals surface area contributed by atoms with Crippen LogP contribution in [0.3, 0.4) is 0 Å². The number of alkyl halides is 1. The van der Waals surface area contributed by atoms with Crippen LogP contribution >= 0.6 is 23.9 Å². The summed E-state index contributed by atoms with van der Waals surface area (Å²) in [4.78, 5) is 0. The van der Waals surface area contributed by atoms with Gasteiger partial charge < -0.3 is 0 Å². The topological polar surface area (TPSA) is 0 Å². The van der Waals surface area contributed by atoms with Crippen LogP contribution in [-0.4, -0.2) is 23.8 Å². The van der Waals surface area contributed by atoms with E-state index in [0.29, 0.717) is 7.92 Å². The molecule has 0 amide bonds. The molecule has 0 heterocycles. The van der Waals surface area contributed by atoms with Crippen LogP contribution in [0.25, 0.3) is 0 Å². The fourth-order valence-electron chi connectivity index (χ4n) is 0.659. The molecule has 9 heavy (non-hydrogen) atoms. The largest absolute Gasteiger partial charge is 0.106 e. The zero-order valence-corrected chi connectivity index (χ0v) is 9.92. The van der Waals surface area contributed by atoms with Crippen LogP contribution in [0, 0.1) is 0 Å². The van der Waals surface area contributed by atoms with Crippen molar-refractivity contribution in [1.82, 2.24) is 0 Å². The van der Waals surface area contributed by atoms with Gasteiger partial charge in [-0.15, -0.1) is 7.92 Å². The van der Waals surface area contributed by atoms with E-state index < -0.39 is 0 Å². The van der Waals surface area contributed by atoms with Gasteiger partial charge in [0.15, 0.2) is 0 Å². The predicted molar refractivity (Wildman–Crippen MR) is 46.7 cm³/mol. The molecule has 0 bridgehead atoms. The van der Waals surface area contributed by atoms with Crippen LogP contribution in [0.4, 0.5) is 0 Å². The van der Waals surface area contributed by atoms with Crippen LogP contribution in [0.15, 0.2) is 0 Å². The Bertz CT molecular complexity index is 48.3. The van der Waals surface area contributed by atoms with Crippen molar-refractivity contribution in [2.24, 2.45) is 0 Å². The van der Waals surface area contributed by atoms with Gasteiger partial charge in [0.05, 0.1) is 0 Å². The minimum atomic E-state index is 0. The SMILES string of the molecule is CCP(CC)CCBr.[Ag]. The summed E-state index contributed by atoms with van der Waals surface area (Å²) < 4.78 is 0. The van der Waals surface area contributed by atoms with Crippen molar-refractivity contribution < 1.29 is 22.4 Å². The van der Waals surface area contributed by atoms with Crippen LogP contribution in [0.1, 0.15) is 13.8 Å². The second kappa shape index (κ2) is 9.65. The first-order chi connectivity index (χ1) is 3.85. The van der Waals surface area contributed by atoms with E-state index in [9.17, 15) is 0 Å². The van der Waals surface area contributed by atoms with Crippen molar-refractivity contribution in [2.45, 2.75) is 13.8 Å². The van der Waals surface area contributed by atoms with Crippen molar-refractivity contribution in [2.75, 3.05) is 23.8 Å². The second-order valence-corrected chi connectivity index (χ2v) is 5.56. The Morgan fingerprint density at radius 3 is 1.78 bits per heavy atom. The summed E-state index contributed by atoms with van der Waals surface area (Å²) in [6.45, 7) is 4.58. The summed E-state index contributed by atoms with van der Waals surface area (Å²) >= 11 is 3.45. The molecule has 61 valence electrons. The first-order valence-electron chi connectivity index (χ1n) is 3.13. The monoisotopic (exact) mass is 303 g/mol. The summed E-state index contributed by atoms with van der Waals surface area (Å²) in [5, 5.41) is 1.19. The molecule has 0 atom stereocenters. The summed E-state index contributed by atoms with van der Waals surface area (Å²) in [7, 11) is 0.397. The van der Waals surface area contributed by atoms with Gasteiger partial charge in [-0.2, -0.15) is 0 Å². The Kier molecular flexibility index (Phi) is 14.2. The molecule has 3 heteroatoms. The first kappa shape index (κ1) is 13.3. The van der Waals surface area contributed by atoms with Gasteiger partial charge in [0.1, 0.15) is 0 Å². The van der Waals surface area contributed by atoms with Gasteiger partial charge in [-0.25, -0.2) is 0 Å². The smallest absolute Gasteiger partial charge is 0.00706 e. The third kappa shape index (κ3) is 7.55. The van der Waals surface area contributed by atoms with Crippen LogP contribution < -0.4 is 0 Å². The maximum absolute atomic E-state index is 3.45. The van der Waals surface area contributed by atoms with Gasteiger partial charge >= 0.3 is 0 Å². The van der Waals surface area contributed by atoms with Gasteiger partial charge in [-0.3, -0.25) is 0 Å². The maximum atomic E-state index is 3.45. The van der Waals surface area contributed by atoms with E-state index in [1.165, 1.54) is 23.8 Å². The van der Waals surface area contributed by atoms with E-state index in [1.807, 2.05) is 0 Å². The number of hydrogen-bond donors (Lipinski definition) is 0. The van der Waals surface area contributed by atoms with Crippen LogP contribution in [-0.2, 0) is 22.4 Å². The predicted octanol–water partition coefficient (Wildman–Crippen LogP) is 2.90. The molecule has 0 aliphatic rings. The zero-order valence-electron chi connectivity index (χ0n) is 5.96. The Morgan fingerprint density at radius 1 is 1.22 bits per heavy atom. The van der Waals surface area contributed by atoms with E-state index in [1.54, 1.807) is 0 Å². The van der Waals surface area contributed by atoms with Gasteiger partial charge in [0.2, 0.25) is 0 Å². The van der Waals surface area contributed by atoms with E-state index in [0.717, 1.165) is 0 Å². The molecule has 0 saturated heterocycles. The number of halogens is 1. The maximum Gasteiger partial charge on any atom is 0.00706 e. The molecular formula is C6H14AgBrP. The molecule has 0 aromatic heterocycles. The van der Waals surface area contributed by atoms with Gasteiger partial charge in [0.25, 0.3) is 0 Å². The third-order valence-corrected chi connectivity index (χ3v) is 4.95. The summed E-state index contributed by atoms with van der Waals surface area (Å²) in [6.07, 6.45) is 4.21. The molecule has 0 nitrogen and oxygen atoms in total. The Morgan fingerprint density at radius 2 is 1.67 bits per heavy atom. The molecule has 0 unspecified atom stereocenters. The van der Waals surface area contributed by atoms with Crippen molar-refractivity contribution in [3.05, 3.63) is 0 Å². The minimum Gasteiger partial charge on any atom is -0.106 e. The Hall–Kier alpha value is 1.65. The Balaban J connectivity index is 0. The molecule has 0 aromatic rings. The van der Waals surface area contributed by atoms with E-state index in [-0.39, 0.29) is 22.4 Å². The molecule has 1 radical (unpaired) electrons. The summed E-state index contributed by atoms with van der Waals surface area (Å²) in [5.74, 6) is 0. The quantitative estimate of drug-likeness (QED) is 0.426. The Labute approximate surface area is 83.6 Å². The molecule has 0 rings (SSSR count). The fourth-order valence-corrected chi connectivity index (χ4v) is 3.48. The van der Waals surface area contributed by atoms with E-state index in [2.05, 4.69) is 29.8 Å². The summed E-state index contributed by atoms with van der Waals surface area (Å²) in [5.41, 5.74) is 0. The molecule has 0 aliphatic heterocycles. The van der Waals surface area contributed by atoms with E-state index in [4.69, 9.17) is 0 Å². The fraction of sp³-hybridized carbons (Fsp3) is 1.00. The summed E-state index contributed by atoms with van der Waals surface area (Å²) in [6, 6.07) is 0. The molecular weight excluding hydrogens is 291 g/mol. The normalized spacial score (nSPS) is 9.33. The molecule has 0 fully saturated rings. The van der Waals surface area contributed by atoms with Crippen molar-refractivity contribution in [3.63, 3.8) is 0 Å². The van der Waals surface area contributed by atoms with E-state index >= 15 is 0 Å². The standard InChI is InChI=1S/C6H14BrP.Ag/c1-3-8(4-2)6-5-7;/h3-6H2,1-2H3;. The molecule has 0 saturated carbocycles. The average Bonchev–Trinajstić information content (AvgIpc) is 1.83. The van der Waals surface area contributed by atoms with Gasteiger partial charge in [-0.1, -0.05) is 29.8 Å². The molecule has 0 spiro atoms. The molecule has 0 aromatic carbocycles. The van der Waals surface area contributed by atoms with Crippen LogP contribution in [0.5, 0.6) is 0 Å². The van der Waals surface area contributed by atoms with Crippen molar-refractivity contribution >= 4 is 23.9 Å². The third-order valence-electron chi connectivity index (χ3n) is 1.30. The minimum absolute atomic E-state index is 0. The van der Waals surface area contributed by atoms with Gasteiger partial charge in [0, 0.05) is 27.7 Å². The number of rotatable bonds is 4. The average molecular weight is 305 g/mol. The zero-order chi connectivity index (χ0) is 6.41. The number of hydrogen-bond acceptors (Lipinski definition) is 0. The van der Waals surface area contributed by atoms with Gasteiger partial charge in [-0.05, 0) is 18.5 Å². The van der Waals surface area contributed by atoms with Crippen molar-refractivity contribution in [3.8, 4) is 0 Å². The second-order valence-electron chi connectivity index (χ2n) is 1.72.